The van der Waals surface area contributed by atoms with Crippen molar-refractivity contribution in [1.82, 2.24) is 0 Å². The molecule has 5 heteroatoms. The number of hydrogen-bond acceptors (Lipinski definition) is 1. The van der Waals surface area contributed by atoms with Gasteiger partial charge in [-0.1, -0.05) is 29.8 Å². The van der Waals surface area contributed by atoms with Crippen molar-refractivity contribution in [2.24, 2.45) is 0 Å². The second-order valence-corrected chi connectivity index (χ2v) is 5.61. The molecule has 0 saturated heterocycles. The van der Waals surface area contributed by atoms with Gasteiger partial charge in [0, 0.05) is 5.02 Å². The Bertz CT molecular complexity index is 627. The van der Waals surface area contributed by atoms with Crippen LogP contribution in [-0.2, 0) is 0 Å². The number of rotatable bonds is 4. The van der Waals surface area contributed by atoms with Gasteiger partial charge in [0.1, 0.15) is 5.75 Å². The highest BCUT2D eigenvalue weighted by Crippen LogP contribution is 2.34. The summed E-state index contributed by atoms with van der Waals surface area (Å²) >= 11 is 12.6. The Morgan fingerprint density at radius 1 is 1.00 bits per heavy atom. The van der Waals surface area contributed by atoms with Gasteiger partial charge >= 0.3 is 6.61 Å². The molecule has 21 heavy (non-hydrogen) atoms. The average Bonchev–Trinajstić information content (AvgIpc) is 2.42. The molecule has 0 aliphatic rings. The van der Waals surface area contributed by atoms with E-state index in [1.165, 1.54) is 12.1 Å². The maximum Gasteiger partial charge on any atom is 0.387 e. The van der Waals surface area contributed by atoms with Crippen LogP contribution >= 0.6 is 23.2 Å². The third kappa shape index (κ3) is 3.86. The first-order valence-electron chi connectivity index (χ1n) is 6.34. The van der Waals surface area contributed by atoms with Crippen LogP contribution in [0, 0.1) is 13.8 Å². The zero-order valence-corrected chi connectivity index (χ0v) is 13.1. The molecule has 1 unspecified atom stereocenters. The van der Waals surface area contributed by atoms with Gasteiger partial charge < -0.3 is 4.74 Å². The first kappa shape index (κ1) is 16.1. The molecule has 0 saturated carbocycles. The van der Waals surface area contributed by atoms with E-state index in [1.807, 2.05) is 26.0 Å². The van der Waals surface area contributed by atoms with Gasteiger partial charge in [-0.15, -0.1) is 11.6 Å². The summed E-state index contributed by atoms with van der Waals surface area (Å²) in [5, 5.41) is 0.322. The summed E-state index contributed by atoms with van der Waals surface area (Å²) < 4.78 is 28.6. The van der Waals surface area contributed by atoms with Crippen LogP contribution in [-0.4, -0.2) is 6.61 Å². The van der Waals surface area contributed by atoms with Crippen molar-refractivity contribution in [3.05, 3.63) is 63.7 Å². The summed E-state index contributed by atoms with van der Waals surface area (Å²) in [5.74, 6) is 0.113. The largest absolute Gasteiger partial charge is 0.435 e. The SMILES string of the molecule is Cc1cc(C(Cl)c2ccc(OC(F)F)cc2)c(C)cc1Cl. The second kappa shape index (κ2) is 6.63. The zero-order valence-electron chi connectivity index (χ0n) is 11.5. The van der Waals surface area contributed by atoms with E-state index in [0.717, 1.165) is 22.3 Å². The van der Waals surface area contributed by atoms with Gasteiger partial charge in [-0.05, 0) is 54.3 Å². The minimum atomic E-state index is -2.83. The number of ether oxygens (including phenoxy) is 1. The molecule has 2 aromatic carbocycles. The van der Waals surface area contributed by atoms with Gasteiger partial charge in [-0.25, -0.2) is 0 Å². The van der Waals surface area contributed by atoms with Gasteiger partial charge in [0.15, 0.2) is 0 Å². The van der Waals surface area contributed by atoms with Gasteiger partial charge in [0.05, 0.1) is 5.38 Å². The Balaban J connectivity index is 2.27. The molecule has 0 aromatic heterocycles. The molecular weight excluding hydrogens is 317 g/mol. The van der Waals surface area contributed by atoms with Crippen molar-refractivity contribution < 1.29 is 13.5 Å². The average molecular weight is 331 g/mol. The van der Waals surface area contributed by atoms with Crippen LogP contribution in [0.1, 0.15) is 27.6 Å². The lowest BCUT2D eigenvalue weighted by Gasteiger charge is -2.15. The number of alkyl halides is 3. The molecule has 0 amide bonds. The molecule has 2 rings (SSSR count). The number of benzene rings is 2. The molecule has 0 bridgehead atoms. The first-order valence-corrected chi connectivity index (χ1v) is 7.15. The van der Waals surface area contributed by atoms with E-state index in [-0.39, 0.29) is 11.1 Å². The van der Waals surface area contributed by atoms with Crippen LogP contribution in [0.15, 0.2) is 36.4 Å². The van der Waals surface area contributed by atoms with Crippen molar-refractivity contribution in [1.29, 1.82) is 0 Å². The molecule has 0 aliphatic heterocycles. The molecule has 0 heterocycles. The van der Waals surface area contributed by atoms with E-state index in [4.69, 9.17) is 23.2 Å². The van der Waals surface area contributed by atoms with Crippen molar-refractivity contribution in [2.75, 3.05) is 0 Å². The van der Waals surface area contributed by atoms with E-state index >= 15 is 0 Å². The van der Waals surface area contributed by atoms with Crippen LogP contribution < -0.4 is 4.74 Å². The quantitative estimate of drug-likeness (QED) is 0.635. The molecule has 0 spiro atoms. The van der Waals surface area contributed by atoms with Crippen LogP contribution in [0.5, 0.6) is 5.75 Å². The molecule has 0 N–H and O–H groups in total. The van der Waals surface area contributed by atoms with Crippen LogP contribution in [0.3, 0.4) is 0 Å². The molecule has 2 aromatic rings. The minimum Gasteiger partial charge on any atom is -0.435 e. The fourth-order valence-corrected chi connectivity index (χ4v) is 2.67. The number of aryl methyl sites for hydroxylation is 2. The molecule has 0 aliphatic carbocycles. The summed E-state index contributed by atoms with van der Waals surface area (Å²) in [7, 11) is 0. The minimum absolute atomic E-state index is 0.113. The summed E-state index contributed by atoms with van der Waals surface area (Å²) in [6.45, 7) is 1.02. The number of halogens is 4. The van der Waals surface area contributed by atoms with Gasteiger partial charge in [-0.3, -0.25) is 0 Å². The van der Waals surface area contributed by atoms with E-state index in [0.29, 0.717) is 5.02 Å². The van der Waals surface area contributed by atoms with Gasteiger partial charge in [0.2, 0.25) is 0 Å². The molecule has 0 radical (unpaired) electrons. The van der Waals surface area contributed by atoms with E-state index in [9.17, 15) is 8.78 Å². The first-order chi connectivity index (χ1) is 9.88. The van der Waals surface area contributed by atoms with Crippen molar-refractivity contribution >= 4 is 23.2 Å². The summed E-state index contributed by atoms with van der Waals surface area (Å²) in [5.41, 5.74) is 3.68. The van der Waals surface area contributed by atoms with Crippen molar-refractivity contribution in [3.8, 4) is 5.75 Å². The van der Waals surface area contributed by atoms with Crippen LogP contribution in [0.2, 0.25) is 5.02 Å². The van der Waals surface area contributed by atoms with E-state index < -0.39 is 6.61 Å². The topological polar surface area (TPSA) is 9.23 Å². The Morgan fingerprint density at radius 3 is 2.19 bits per heavy atom. The highest BCUT2D eigenvalue weighted by atomic mass is 35.5. The third-order valence-electron chi connectivity index (χ3n) is 3.22. The van der Waals surface area contributed by atoms with Gasteiger partial charge in [0.25, 0.3) is 0 Å². The molecule has 112 valence electrons. The monoisotopic (exact) mass is 330 g/mol. The molecule has 1 atom stereocenters. The zero-order chi connectivity index (χ0) is 15.6. The normalized spacial score (nSPS) is 12.5. The lowest BCUT2D eigenvalue weighted by molar-refractivity contribution is -0.0498. The van der Waals surface area contributed by atoms with Crippen LogP contribution in [0.4, 0.5) is 8.78 Å². The van der Waals surface area contributed by atoms with Crippen LogP contribution in [0.25, 0.3) is 0 Å². The lowest BCUT2D eigenvalue weighted by Crippen LogP contribution is -2.02. The van der Waals surface area contributed by atoms with Crippen molar-refractivity contribution in [3.63, 3.8) is 0 Å². The number of hydrogen-bond donors (Lipinski definition) is 0. The molecule has 1 nitrogen and oxygen atoms in total. The Kier molecular flexibility index (Phi) is 5.07. The predicted octanol–water partition coefficient (Wildman–Crippen LogP) is 5.89. The second-order valence-electron chi connectivity index (χ2n) is 4.77. The maximum atomic E-state index is 12.1. The summed E-state index contributed by atoms with van der Waals surface area (Å²) in [6, 6.07) is 10.1. The Labute approximate surface area is 132 Å². The fourth-order valence-electron chi connectivity index (χ4n) is 2.07. The van der Waals surface area contributed by atoms with E-state index in [2.05, 4.69) is 4.74 Å². The lowest BCUT2D eigenvalue weighted by atomic mass is 9.98. The third-order valence-corrected chi connectivity index (χ3v) is 4.11. The summed E-state index contributed by atoms with van der Waals surface area (Å²) in [4.78, 5) is 0. The smallest absolute Gasteiger partial charge is 0.387 e. The maximum absolute atomic E-state index is 12.1. The van der Waals surface area contributed by atoms with Crippen molar-refractivity contribution in [2.45, 2.75) is 25.8 Å². The molecular formula is C16H14Cl2F2O. The fraction of sp³-hybridized carbons (Fsp3) is 0.250. The molecule has 0 fully saturated rings. The highest BCUT2D eigenvalue weighted by Gasteiger charge is 2.15. The van der Waals surface area contributed by atoms with Gasteiger partial charge in [-0.2, -0.15) is 8.78 Å². The Hall–Kier alpha value is -1.32. The Morgan fingerprint density at radius 2 is 1.62 bits per heavy atom. The predicted molar refractivity (Wildman–Crippen MR) is 81.7 cm³/mol. The summed E-state index contributed by atoms with van der Waals surface area (Å²) in [6.07, 6.45) is 0. The highest BCUT2D eigenvalue weighted by molar-refractivity contribution is 6.31. The standard InChI is InChI=1S/C16H14Cl2F2O/c1-9-8-14(17)10(2)7-13(9)15(18)11-3-5-12(6-4-11)21-16(19)20/h3-8,15-16H,1-2H3. The van der Waals surface area contributed by atoms with E-state index in [1.54, 1.807) is 12.1 Å².